The van der Waals surface area contributed by atoms with Gasteiger partial charge in [0, 0.05) is 12.6 Å². The Bertz CT molecular complexity index is 368. The number of hydrogen-bond donors (Lipinski definition) is 2. The molecule has 0 spiro atoms. The third-order valence-corrected chi connectivity index (χ3v) is 4.16. The third-order valence-electron chi connectivity index (χ3n) is 4.16. The molecular weight excluding hydrogens is 218 g/mol. The first-order valence-electron chi connectivity index (χ1n) is 6.46. The average Bonchev–Trinajstić information content (AvgIpc) is 3.16. The van der Waals surface area contributed by atoms with E-state index in [2.05, 4.69) is 5.16 Å². The number of oxime groups is 1. The van der Waals surface area contributed by atoms with Crippen molar-refractivity contribution in [3.63, 3.8) is 0 Å². The molecule has 3 saturated carbocycles. The van der Waals surface area contributed by atoms with Gasteiger partial charge in [-0.25, -0.2) is 0 Å². The summed E-state index contributed by atoms with van der Waals surface area (Å²) in [5.74, 6) is 0.897. The van der Waals surface area contributed by atoms with E-state index in [1.807, 2.05) is 4.90 Å². The van der Waals surface area contributed by atoms with Gasteiger partial charge in [0.15, 0.2) is 5.84 Å². The summed E-state index contributed by atoms with van der Waals surface area (Å²) in [4.78, 5) is 14.5. The highest BCUT2D eigenvalue weighted by Crippen LogP contribution is 2.49. The van der Waals surface area contributed by atoms with E-state index in [0.717, 1.165) is 32.2 Å². The Morgan fingerprint density at radius 1 is 1.35 bits per heavy atom. The summed E-state index contributed by atoms with van der Waals surface area (Å²) in [6.07, 6.45) is 6.18. The lowest BCUT2D eigenvalue weighted by molar-refractivity contribution is -0.135. The van der Waals surface area contributed by atoms with E-state index in [1.54, 1.807) is 0 Å². The van der Waals surface area contributed by atoms with Gasteiger partial charge in [0.25, 0.3) is 0 Å². The zero-order valence-corrected chi connectivity index (χ0v) is 9.93. The molecule has 0 aromatic carbocycles. The van der Waals surface area contributed by atoms with E-state index >= 15 is 0 Å². The van der Waals surface area contributed by atoms with Crippen LogP contribution in [0.15, 0.2) is 5.16 Å². The molecule has 3 rings (SSSR count). The summed E-state index contributed by atoms with van der Waals surface area (Å²) >= 11 is 0. The molecule has 94 valence electrons. The Balaban J connectivity index is 1.74. The van der Waals surface area contributed by atoms with Crippen molar-refractivity contribution in [1.29, 1.82) is 0 Å². The predicted molar refractivity (Wildman–Crippen MR) is 62.5 cm³/mol. The molecule has 0 atom stereocenters. The van der Waals surface area contributed by atoms with Crippen molar-refractivity contribution in [2.24, 2.45) is 22.2 Å². The molecular formula is C12H19N3O2. The lowest BCUT2D eigenvalue weighted by atomic mass is 10.0. The van der Waals surface area contributed by atoms with Crippen molar-refractivity contribution in [2.45, 2.75) is 44.6 Å². The molecule has 0 aromatic heterocycles. The van der Waals surface area contributed by atoms with Crippen LogP contribution < -0.4 is 5.73 Å². The number of nitrogens with two attached hydrogens (primary N) is 1. The molecule has 1 amide bonds. The van der Waals surface area contributed by atoms with Crippen LogP contribution >= 0.6 is 0 Å². The van der Waals surface area contributed by atoms with E-state index in [-0.39, 0.29) is 11.7 Å². The number of amides is 1. The van der Waals surface area contributed by atoms with Gasteiger partial charge in [-0.15, -0.1) is 0 Å². The molecule has 0 bridgehead atoms. The molecule has 5 nitrogen and oxygen atoms in total. The zero-order valence-electron chi connectivity index (χ0n) is 9.93. The first-order valence-corrected chi connectivity index (χ1v) is 6.46. The molecule has 0 saturated heterocycles. The Morgan fingerprint density at radius 2 is 2.00 bits per heavy atom. The van der Waals surface area contributed by atoms with Gasteiger partial charge in [0.1, 0.15) is 5.41 Å². The Kier molecular flexibility index (Phi) is 2.31. The van der Waals surface area contributed by atoms with Gasteiger partial charge in [0.2, 0.25) is 5.91 Å². The molecule has 3 aliphatic rings. The van der Waals surface area contributed by atoms with Crippen LogP contribution in [0.2, 0.25) is 0 Å². The fourth-order valence-corrected chi connectivity index (χ4v) is 2.44. The summed E-state index contributed by atoms with van der Waals surface area (Å²) in [5, 5.41) is 11.8. The quantitative estimate of drug-likeness (QED) is 0.323. The van der Waals surface area contributed by atoms with Crippen molar-refractivity contribution in [2.75, 3.05) is 6.54 Å². The summed E-state index contributed by atoms with van der Waals surface area (Å²) in [5.41, 5.74) is 5.01. The second kappa shape index (κ2) is 3.62. The monoisotopic (exact) mass is 237 g/mol. The minimum atomic E-state index is -0.660. The van der Waals surface area contributed by atoms with Crippen molar-refractivity contribution in [3.8, 4) is 0 Å². The van der Waals surface area contributed by atoms with E-state index in [9.17, 15) is 4.79 Å². The minimum Gasteiger partial charge on any atom is -0.409 e. The standard InChI is InChI=1S/C12H19N3O2/c13-10(14-17)12(5-6-12)11(16)15(9-3-4-9)7-8-1-2-8/h8-9,17H,1-7H2,(H2,13,14). The average molecular weight is 237 g/mol. The number of carbonyl (C=O) groups is 1. The van der Waals surface area contributed by atoms with Crippen LogP contribution in [0.25, 0.3) is 0 Å². The van der Waals surface area contributed by atoms with Gasteiger partial charge < -0.3 is 15.8 Å². The normalized spacial score (nSPS) is 26.7. The number of hydrogen-bond acceptors (Lipinski definition) is 3. The SMILES string of the molecule is NC(=NO)C1(C(=O)N(CC2CC2)C2CC2)CC1. The summed E-state index contributed by atoms with van der Waals surface area (Å²) in [7, 11) is 0. The van der Waals surface area contributed by atoms with Crippen LogP contribution in [0.3, 0.4) is 0 Å². The first-order chi connectivity index (χ1) is 8.17. The van der Waals surface area contributed by atoms with Crippen LogP contribution in [-0.2, 0) is 4.79 Å². The highest BCUT2D eigenvalue weighted by molar-refractivity contribution is 6.09. The van der Waals surface area contributed by atoms with Crippen LogP contribution in [0.1, 0.15) is 38.5 Å². The Hall–Kier alpha value is -1.26. The molecule has 5 heteroatoms. The highest BCUT2D eigenvalue weighted by atomic mass is 16.4. The lowest BCUT2D eigenvalue weighted by Crippen LogP contribution is -2.45. The minimum absolute atomic E-state index is 0.0993. The van der Waals surface area contributed by atoms with Gasteiger partial charge in [-0.3, -0.25) is 4.79 Å². The molecule has 0 aromatic rings. The van der Waals surface area contributed by atoms with Gasteiger partial charge in [-0.1, -0.05) is 5.16 Å². The van der Waals surface area contributed by atoms with Crippen molar-refractivity contribution in [3.05, 3.63) is 0 Å². The smallest absolute Gasteiger partial charge is 0.236 e. The van der Waals surface area contributed by atoms with Crippen molar-refractivity contribution in [1.82, 2.24) is 4.90 Å². The molecule has 3 N–H and O–H groups in total. The van der Waals surface area contributed by atoms with E-state index in [0.29, 0.717) is 12.0 Å². The highest BCUT2D eigenvalue weighted by Gasteiger charge is 2.57. The van der Waals surface area contributed by atoms with Gasteiger partial charge in [-0.05, 0) is 44.4 Å². The zero-order chi connectivity index (χ0) is 12.0. The summed E-state index contributed by atoms with van der Waals surface area (Å²) in [6, 6.07) is 0.423. The maximum absolute atomic E-state index is 12.5. The van der Waals surface area contributed by atoms with Crippen molar-refractivity contribution >= 4 is 11.7 Å². The Morgan fingerprint density at radius 3 is 2.41 bits per heavy atom. The van der Waals surface area contributed by atoms with E-state index in [1.165, 1.54) is 12.8 Å². The molecule has 17 heavy (non-hydrogen) atoms. The fraction of sp³-hybridized carbons (Fsp3) is 0.833. The second-order valence-corrected chi connectivity index (χ2v) is 5.70. The largest absolute Gasteiger partial charge is 0.409 e. The lowest BCUT2D eigenvalue weighted by Gasteiger charge is -2.26. The number of rotatable bonds is 5. The van der Waals surface area contributed by atoms with Gasteiger partial charge >= 0.3 is 0 Å². The van der Waals surface area contributed by atoms with Gasteiger partial charge in [-0.2, -0.15) is 0 Å². The molecule has 0 unspecified atom stereocenters. The summed E-state index contributed by atoms with van der Waals surface area (Å²) < 4.78 is 0. The maximum atomic E-state index is 12.5. The predicted octanol–water partition coefficient (Wildman–Crippen LogP) is 0.914. The number of amidine groups is 1. The number of nitrogens with zero attached hydrogens (tertiary/aromatic N) is 2. The number of carbonyl (C=O) groups excluding carboxylic acids is 1. The fourth-order valence-electron chi connectivity index (χ4n) is 2.44. The van der Waals surface area contributed by atoms with Crippen LogP contribution in [-0.4, -0.2) is 34.4 Å². The molecule has 3 aliphatic carbocycles. The van der Waals surface area contributed by atoms with Crippen LogP contribution in [0.5, 0.6) is 0 Å². The molecule has 0 radical (unpaired) electrons. The van der Waals surface area contributed by atoms with E-state index < -0.39 is 5.41 Å². The summed E-state index contributed by atoms with van der Waals surface area (Å²) in [6.45, 7) is 0.879. The first kappa shape index (κ1) is 10.9. The van der Waals surface area contributed by atoms with Crippen molar-refractivity contribution < 1.29 is 10.0 Å². The molecule has 0 aliphatic heterocycles. The van der Waals surface area contributed by atoms with Crippen LogP contribution in [0.4, 0.5) is 0 Å². The Labute approximate surface area is 101 Å². The topological polar surface area (TPSA) is 78.9 Å². The van der Waals surface area contributed by atoms with Crippen LogP contribution in [0, 0.1) is 11.3 Å². The second-order valence-electron chi connectivity index (χ2n) is 5.70. The van der Waals surface area contributed by atoms with Gasteiger partial charge in [0.05, 0.1) is 0 Å². The maximum Gasteiger partial charge on any atom is 0.236 e. The molecule has 0 heterocycles. The van der Waals surface area contributed by atoms with E-state index in [4.69, 9.17) is 10.9 Å². The third kappa shape index (κ3) is 1.87. The molecule has 3 fully saturated rings.